The lowest BCUT2D eigenvalue weighted by Crippen LogP contribution is -2.03. The Kier molecular flexibility index (Phi) is 4.77. The lowest BCUT2D eigenvalue weighted by Gasteiger charge is -2.07. The molecule has 0 saturated heterocycles. The normalized spacial score (nSPS) is 18.3. The number of carbonyl (C=O) groups is 1. The number of furan rings is 1. The van der Waals surface area contributed by atoms with Gasteiger partial charge in [0.05, 0.1) is 10.6 Å². The van der Waals surface area contributed by atoms with Crippen LogP contribution in [0.25, 0.3) is 17.2 Å². The maximum absolute atomic E-state index is 12.3. The summed E-state index contributed by atoms with van der Waals surface area (Å²) in [6.45, 7) is 2.00. The summed E-state index contributed by atoms with van der Waals surface area (Å²) in [7, 11) is 0. The molecule has 0 spiro atoms. The number of hydrogen-bond donors (Lipinski definition) is 1. The van der Waals surface area contributed by atoms with Gasteiger partial charge in [-0.15, -0.1) is 0 Å². The van der Waals surface area contributed by atoms with Crippen LogP contribution in [0.5, 0.6) is 0 Å². The van der Waals surface area contributed by atoms with Crippen LogP contribution in [-0.2, 0) is 4.79 Å². The first kappa shape index (κ1) is 17.8. The average Bonchev–Trinajstić information content (AvgIpc) is 3.21. The molecule has 136 valence electrons. The Morgan fingerprint density at radius 2 is 2.04 bits per heavy atom. The van der Waals surface area contributed by atoms with E-state index in [-0.39, 0.29) is 5.91 Å². The fourth-order valence-corrected chi connectivity index (χ4v) is 3.37. The number of halogens is 2. The van der Waals surface area contributed by atoms with Crippen molar-refractivity contribution in [3.05, 3.63) is 69.2 Å². The molecule has 6 heteroatoms. The standard InChI is InChI=1S/C21H16Cl2N2O2/c1-12-2-3-13(10-24-11-18(12)23)20-7-5-15(27-20)9-17-16-8-14(22)4-6-19(16)25-21(17)26/h4-11H,2-3H2,1H3,(H,25,26). The highest BCUT2D eigenvalue weighted by Crippen LogP contribution is 2.35. The van der Waals surface area contributed by atoms with E-state index in [0.717, 1.165) is 41.0 Å². The number of fused-ring (bicyclic) bond motifs is 1. The Balaban J connectivity index is 1.64. The zero-order valence-corrected chi connectivity index (χ0v) is 16.1. The van der Waals surface area contributed by atoms with Crippen LogP contribution in [0, 0.1) is 0 Å². The van der Waals surface area contributed by atoms with Gasteiger partial charge in [0.2, 0.25) is 0 Å². The van der Waals surface area contributed by atoms with Crippen molar-refractivity contribution in [2.45, 2.75) is 19.8 Å². The topological polar surface area (TPSA) is 54.6 Å². The van der Waals surface area contributed by atoms with E-state index in [2.05, 4.69) is 10.3 Å². The van der Waals surface area contributed by atoms with Crippen molar-refractivity contribution >= 4 is 58.2 Å². The third kappa shape index (κ3) is 3.64. The van der Waals surface area contributed by atoms with Gasteiger partial charge in [-0.1, -0.05) is 28.8 Å². The predicted molar refractivity (Wildman–Crippen MR) is 111 cm³/mol. The zero-order chi connectivity index (χ0) is 19.0. The van der Waals surface area contributed by atoms with Gasteiger partial charge >= 0.3 is 0 Å². The number of rotatable bonds is 2. The molecule has 27 heavy (non-hydrogen) atoms. The van der Waals surface area contributed by atoms with Crippen LogP contribution in [0.1, 0.15) is 36.8 Å². The first-order chi connectivity index (χ1) is 13.0. The molecule has 2 aliphatic heterocycles. The fourth-order valence-electron chi connectivity index (χ4n) is 3.04. The van der Waals surface area contributed by atoms with Gasteiger partial charge in [-0.05, 0) is 56.2 Å². The van der Waals surface area contributed by atoms with Crippen LogP contribution < -0.4 is 5.32 Å². The van der Waals surface area contributed by atoms with E-state index in [0.29, 0.717) is 21.4 Å². The van der Waals surface area contributed by atoms with Crippen LogP contribution in [0.2, 0.25) is 5.02 Å². The first-order valence-corrected chi connectivity index (χ1v) is 9.27. The second-order valence-corrected chi connectivity index (χ2v) is 7.31. The molecule has 4 rings (SSSR count). The first-order valence-electron chi connectivity index (χ1n) is 8.52. The van der Waals surface area contributed by atoms with E-state index in [4.69, 9.17) is 27.6 Å². The van der Waals surface area contributed by atoms with Crippen molar-refractivity contribution in [3.8, 4) is 0 Å². The summed E-state index contributed by atoms with van der Waals surface area (Å²) in [5.74, 6) is 1.16. The van der Waals surface area contributed by atoms with Crippen molar-refractivity contribution in [2.75, 3.05) is 5.32 Å². The highest BCUT2D eigenvalue weighted by Gasteiger charge is 2.24. The molecule has 4 nitrogen and oxygen atoms in total. The van der Waals surface area contributed by atoms with Crippen molar-refractivity contribution in [1.29, 1.82) is 0 Å². The summed E-state index contributed by atoms with van der Waals surface area (Å²) >= 11 is 12.2. The van der Waals surface area contributed by atoms with Gasteiger partial charge in [-0.2, -0.15) is 0 Å². The van der Waals surface area contributed by atoms with E-state index in [1.54, 1.807) is 36.7 Å². The Bertz CT molecular complexity index is 1060. The Labute approximate surface area is 166 Å². The lowest BCUT2D eigenvalue weighted by molar-refractivity contribution is -0.110. The molecule has 0 radical (unpaired) electrons. The quantitative estimate of drug-likeness (QED) is 0.617. The number of carbonyl (C=O) groups excluding carboxylic acids is 1. The molecule has 1 N–H and O–H groups in total. The summed E-state index contributed by atoms with van der Waals surface area (Å²) in [5.41, 5.74) is 4.13. The molecule has 1 aromatic carbocycles. The molecule has 0 unspecified atom stereocenters. The second-order valence-electron chi connectivity index (χ2n) is 6.46. The molecular formula is C21H16Cl2N2O2. The second kappa shape index (κ2) is 7.22. The summed E-state index contributed by atoms with van der Waals surface area (Å²) < 4.78 is 5.96. The molecule has 0 saturated carbocycles. The Hall–Kier alpha value is -2.56. The highest BCUT2D eigenvalue weighted by atomic mass is 35.5. The number of anilines is 1. The molecule has 0 fully saturated rings. The van der Waals surface area contributed by atoms with Crippen LogP contribution in [-0.4, -0.2) is 12.1 Å². The number of nitrogens with zero attached hydrogens (tertiary/aromatic N) is 1. The van der Waals surface area contributed by atoms with Crippen LogP contribution >= 0.6 is 23.2 Å². The van der Waals surface area contributed by atoms with E-state index >= 15 is 0 Å². The van der Waals surface area contributed by atoms with Crippen molar-refractivity contribution in [2.24, 2.45) is 4.99 Å². The monoisotopic (exact) mass is 398 g/mol. The predicted octanol–water partition coefficient (Wildman–Crippen LogP) is 6.14. The van der Waals surface area contributed by atoms with Gasteiger partial charge in [0.15, 0.2) is 0 Å². The largest absolute Gasteiger partial charge is 0.457 e. The van der Waals surface area contributed by atoms with Crippen LogP contribution in [0.3, 0.4) is 0 Å². The number of amides is 1. The third-order valence-electron chi connectivity index (χ3n) is 4.59. The maximum atomic E-state index is 12.3. The molecule has 1 aromatic heterocycles. The number of aliphatic imine (C=N–C) groups is 1. The molecule has 2 aliphatic rings. The van der Waals surface area contributed by atoms with E-state index in [1.807, 2.05) is 19.1 Å². The molecule has 0 bridgehead atoms. The number of benzene rings is 1. The van der Waals surface area contributed by atoms with E-state index < -0.39 is 0 Å². The van der Waals surface area contributed by atoms with Gasteiger partial charge in [-0.25, -0.2) is 0 Å². The van der Waals surface area contributed by atoms with Gasteiger partial charge in [0.1, 0.15) is 11.5 Å². The lowest BCUT2D eigenvalue weighted by atomic mass is 10.0. The zero-order valence-electron chi connectivity index (χ0n) is 14.6. The minimum Gasteiger partial charge on any atom is -0.457 e. The van der Waals surface area contributed by atoms with Gasteiger partial charge in [0, 0.05) is 34.3 Å². The number of allylic oxidation sites excluding steroid dienone is 3. The molecule has 2 aromatic rings. The van der Waals surface area contributed by atoms with Crippen molar-refractivity contribution in [1.82, 2.24) is 0 Å². The summed E-state index contributed by atoms with van der Waals surface area (Å²) in [6, 6.07) is 9.05. The Morgan fingerprint density at radius 3 is 2.89 bits per heavy atom. The van der Waals surface area contributed by atoms with Crippen molar-refractivity contribution < 1.29 is 9.21 Å². The minimum atomic E-state index is -0.171. The van der Waals surface area contributed by atoms with Crippen LogP contribution in [0.4, 0.5) is 5.69 Å². The number of hydrogen-bond acceptors (Lipinski definition) is 3. The SMILES string of the molecule is CC1=C(Cl)C=NC=C(c2ccc(C=C3C(=O)Nc4ccc(Cl)cc43)o2)CC1. The Morgan fingerprint density at radius 1 is 1.19 bits per heavy atom. The van der Waals surface area contributed by atoms with Gasteiger partial charge in [0.25, 0.3) is 5.91 Å². The van der Waals surface area contributed by atoms with E-state index in [9.17, 15) is 4.79 Å². The third-order valence-corrected chi connectivity index (χ3v) is 5.25. The van der Waals surface area contributed by atoms with Gasteiger partial charge in [-0.3, -0.25) is 9.79 Å². The van der Waals surface area contributed by atoms with Crippen LogP contribution in [0.15, 0.2) is 56.5 Å². The summed E-state index contributed by atoms with van der Waals surface area (Å²) in [4.78, 5) is 16.5. The van der Waals surface area contributed by atoms with Crippen molar-refractivity contribution in [3.63, 3.8) is 0 Å². The summed E-state index contributed by atoms with van der Waals surface area (Å²) in [6.07, 6.45) is 6.76. The molecule has 0 atom stereocenters. The summed E-state index contributed by atoms with van der Waals surface area (Å²) in [5, 5.41) is 4.09. The fraction of sp³-hybridized carbons (Fsp3) is 0.143. The maximum Gasteiger partial charge on any atom is 0.256 e. The molecule has 0 aliphatic carbocycles. The van der Waals surface area contributed by atoms with E-state index in [1.165, 1.54) is 0 Å². The molecule has 1 amide bonds. The van der Waals surface area contributed by atoms with Gasteiger partial charge < -0.3 is 9.73 Å². The minimum absolute atomic E-state index is 0.171. The highest BCUT2D eigenvalue weighted by molar-refractivity contribution is 6.39. The smallest absolute Gasteiger partial charge is 0.256 e. The molecule has 3 heterocycles. The molecular weight excluding hydrogens is 383 g/mol. The number of nitrogens with one attached hydrogen (secondary N) is 1. The average molecular weight is 399 g/mol.